The number of halogens is 1. The van der Waals surface area contributed by atoms with Crippen LogP contribution < -0.4 is 9.47 Å². The molecule has 6 heteroatoms. The highest BCUT2D eigenvalue weighted by atomic mass is 35.5. The maximum absolute atomic E-state index is 12.1. The third kappa shape index (κ3) is 3.21. The highest BCUT2D eigenvalue weighted by molar-refractivity contribution is 6.30. The predicted octanol–water partition coefficient (Wildman–Crippen LogP) is 4.01. The van der Waals surface area contributed by atoms with E-state index in [1.165, 1.54) is 0 Å². The summed E-state index contributed by atoms with van der Waals surface area (Å²) in [6, 6.07) is 12.5. The van der Waals surface area contributed by atoms with Crippen molar-refractivity contribution in [1.29, 1.82) is 0 Å². The molecule has 0 aliphatic carbocycles. The molecular formula is C20H14ClNO4. The van der Waals surface area contributed by atoms with Crippen LogP contribution in [0.2, 0.25) is 5.02 Å². The second-order valence-corrected chi connectivity index (χ2v) is 6.19. The largest absolute Gasteiger partial charge is 0.497 e. The molecule has 0 bridgehead atoms. The first kappa shape index (κ1) is 16.4. The summed E-state index contributed by atoms with van der Waals surface area (Å²) < 4.78 is 16.1. The summed E-state index contributed by atoms with van der Waals surface area (Å²) in [7, 11) is 1.59. The Kier molecular flexibility index (Phi) is 4.22. The zero-order valence-electron chi connectivity index (χ0n) is 13.9. The third-order valence-electron chi connectivity index (χ3n) is 3.99. The van der Waals surface area contributed by atoms with Gasteiger partial charge in [-0.3, -0.25) is 0 Å². The van der Waals surface area contributed by atoms with Crippen LogP contribution in [-0.2, 0) is 9.53 Å². The van der Waals surface area contributed by atoms with Gasteiger partial charge in [-0.2, -0.15) is 0 Å². The molecular weight excluding hydrogens is 354 g/mol. The zero-order valence-corrected chi connectivity index (χ0v) is 14.6. The lowest BCUT2D eigenvalue weighted by molar-refractivity contribution is -0.130. The van der Waals surface area contributed by atoms with Crippen LogP contribution in [0.1, 0.15) is 11.1 Å². The second-order valence-electron chi connectivity index (χ2n) is 5.75. The standard InChI is InChI=1S/C20H14ClNO4/c1-24-16-5-2-13(3-6-16)19-22-17(20(23)26-19)9-12-8-14-10-15(21)4-7-18(14)25-11-12/h2-10H,11H2,1H3/b17-9-. The van der Waals surface area contributed by atoms with Crippen molar-refractivity contribution in [2.24, 2.45) is 4.99 Å². The van der Waals surface area contributed by atoms with E-state index in [4.69, 9.17) is 25.8 Å². The number of ether oxygens (including phenoxy) is 3. The van der Waals surface area contributed by atoms with Gasteiger partial charge in [0.25, 0.3) is 0 Å². The summed E-state index contributed by atoms with van der Waals surface area (Å²) in [5, 5.41) is 0.623. The van der Waals surface area contributed by atoms with E-state index in [0.717, 1.165) is 22.6 Å². The van der Waals surface area contributed by atoms with Gasteiger partial charge in [-0.25, -0.2) is 9.79 Å². The van der Waals surface area contributed by atoms with Crippen molar-refractivity contribution in [3.8, 4) is 11.5 Å². The maximum Gasteiger partial charge on any atom is 0.363 e. The fourth-order valence-corrected chi connectivity index (χ4v) is 2.87. The summed E-state index contributed by atoms with van der Waals surface area (Å²) in [5.41, 5.74) is 2.61. The van der Waals surface area contributed by atoms with Crippen LogP contribution in [0.25, 0.3) is 6.08 Å². The van der Waals surface area contributed by atoms with Gasteiger partial charge in [0.15, 0.2) is 5.70 Å². The van der Waals surface area contributed by atoms with Crippen molar-refractivity contribution in [3.63, 3.8) is 0 Å². The Labute approximate surface area is 155 Å². The lowest BCUT2D eigenvalue weighted by atomic mass is 10.1. The van der Waals surface area contributed by atoms with Crippen LogP contribution in [0.3, 0.4) is 0 Å². The van der Waals surface area contributed by atoms with Gasteiger partial charge in [0.05, 0.1) is 7.11 Å². The quantitative estimate of drug-likeness (QED) is 0.607. The first-order chi connectivity index (χ1) is 12.6. The van der Waals surface area contributed by atoms with E-state index in [1.54, 1.807) is 43.5 Å². The van der Waals surface area contributed by atoms with Crippen LogP contribution in [0.5, 0.6) is 11.5 Å². The van der Waals surface area contributed by atoms with Crippen LogP contribution in [-0.4, -0.2) is 25.6 Å². The Morgan fingerprint density at radius 2 is 2.00 bits per heavy atom. The first-order valence-corrected chi connectivity index (χ1v) is 8.30. The zero-order chi connectivity index (χ0) is 18.1. The van der Waals surface area contributed by atoms with Crippen LogP contribution in [0, 0.1) is 0 Å². The molecule has 0 saturated carbocycles. The molecule has 2 aliphatic rings. The smallest absolute Gasteiger partial charge is 0.363 e. The Bertz CT molecular complexity index is 974. The molecule has 0 N–H and O–H groups in total. The molecule has 0 spiro atoms. The van der Waals surface area contributed by atoms with Gasteiger partial charge in [-0.1, -0.05) is 11.6 Å². The molecule has 0 fully saturated rings. The van der Waals surface area contributed by atoms with E-state index in [9.17, 15) is 4.79 Å². The number of cyclic esters (lactones) is 1. The molecule has 2 aliphatic heterocycles. The van der Waals surface area contributed by atoms with E-state index in [1.807, 2.05) is 18.2 Å². The number of fused-ring (bicyclic) bond motifs is 1. The topological polar surface area (TPSA) is 57.1 Å². The highest BCUT2D eigenvalue weighted by Crippen LogP contribution is 2.30. The highest BCUT2D eigenvalue weighted by Gasteiger charge is 2.25. The molecule has 0 aromatic heterocycles. The fourth-order valence-electron chi connectivity index (χ4n) is 2.69. The van der Waals surface area contributed by atoms with Gasteiger partial charge in [-0.15, -0.1) is 0 Å². The molecule has 0 saturated heterocycles. The van der Waals surface area contributed by atoms with Crippen molar-refractivity contribution in [3.05, 3.63) is 76.0 Å². The van der Waals surface area contributed by atoms with Crippen LogP contribution >= 0.6 is 11.6 Å². The van der Waals surface area contributed by atoms with E-state index in [0.29, 0.717) is 17.2 Å². The molecule has 2 aromatic carbocycles. The summed E-state index contributed by atoms with van der Waals surface area (Å²) in [5.74, 6) is 1.25. The molecule has 0 radical (unpaired) electrons. The second kappa shape index (κ2) is 6.69. The number of benzene rings is 2. The van der Waals surface area contributed by atoms with Crippen molar-refractivity contribution < 1.29 is 19.0 Å². The number of aliphatic imine (C=N–C) groups is 1. The van der Waals surface area contributed by atoms with Crippen molar-refractivity contribution >= 4 is 29.5 Å². The average molecular weight is 368 g/mol. The third-order valence-corrected chi connectivity index (χ3v) is 4.22. The predicted molar refractivity (Wildman–Crippen MR) is 98.6 cm³/mol. The summed E-state index contributed by atoms with van der Waals surface area (Å²) in [6.07, 6.45) is 3.59. The summed E-state index contributed by atoms with van der Waals surface area (Å²) in [4.78, 5) is 16.4. The minimum absolute atomic E-state index is 0.233. The van der Waals surface area contributed by atoms with E-state index in [2.05, 4.69) is 4.99 Å². The first-order valence-electron chi connectivity index (χ1n) is 7.92. The van der Waals surface area contributed by atoms with E-state index in [-0.39, 0.29) is 11.6 Å². The summed E-state index contributed by atoms with van der Waals surface area (Å²) in [6.45, 7) is 0.346. The maximum atomic E-state index is 12.1. The van der Waals surface area contributed by atoms with E-state index < -0.39 is 5.97 Å². The number of esters is 1. The van der Waals surface area contributed by atoms with Gasteiger partial charge in [-0.05, 0) is 60.2 Å². The summed E-state index contributed by atoms with van der Waals surface area (Å²) >= 11 is 6.02. The lowest BCUT2D eigenvalue weighted by Crippen LogP contribution is -2.08. The lowest BCUT2D eigenvalue weighted by Gasteiger charge is -2.16. The molecule has 0 amide bonds. The number of carbonyl (C=O) groups excluding carboxylic acids is 1. The monoisotopic (exact) mass is 367 g/mol. The molecule has 4 rings (SSSR count). The molecule has 130 valence electrons. The Morgan fingerprint density at radius 1 is 1.19 bits per heavy atom. The van der Waals surface area contributed by atoms with Gasteiger partial charge in [0.1, 0.15) is 18.1 Å². The normalized spacial score (nSPS) is 17.2. The Balaban J connectivity index is 1.62. The molecule has 0 unspecified atom stereocenters. The molecule has 2 heterocycles. The van der Waals surface area contributed by atoms with E-state index >= 15 is 0 Å². The minimum atomic E-state index is -0.492. The van der Waals surface area contributed by atoms with Gasteiger partial charge in [0, 0.05) is 16.1 Å². The molecule has 2 aromatic rings. The van der Waals surface area contributed by atoms with Crippen LogP contribution in [0.15, 0.2) is 64.8 Å². The molecule has 5 nitrogen and oxygen atoms in total. The number of hydrogen-bond acceptors (Lipinski definition) is 5. The van der Waals surface area contributed by atoms with Gasteiger partial charge >= 0.3 is 5.97 Å². The van der Waals surface area contributed by atoms with Crippen molar-refractivity contribution in [2.45, 2.75) is 0 Å². The SMILES string of the molecule is COc1ccc(C2=N/C(=C\C3=Cc4cc(Cl)ccc4OC3)C(=O)O2)cc1. The Hall–Kier alpha value is -3.05. The molecule has 26 heavy (non-hydrogen) atoms. The number of rotatable bonds is 3. The average Bonchev–Trinajstić information content (AvgIpc) is 3.02. The van der Waals surface area contributed by atoms with Crippen LogP contribution in [0.4, 0.5) is 0 Å². The number of methoxy groups -OCH3 is 1. The van der Waals surface area contributed by atoms with Crippen molar-refractivity contribution in [2.75, 3.05) is 13.7 Å². The number of carbonyl (C=O) groups is 1. The van der Waals surface area contributed by atoms with Crippen molar-refractivity contribution in [1.82, 2.24) is 0 Å². The number of nitrogens with zero attached hydrogens (tertiary/aromatic N) is 1. The Morgan fingerprint density at radius 3 is 2.77 bits per heavy atom. The van der Waals surface area contributed by atoms with Gasteiger partial charge < -0.3 is 14.2 Å². The minimum Gasteiger partial charge on any atom is -0.497 e. The number of hydrogen-bond donors (Lipinski definition) is 0. The molecule has 0 atom stereocenters. The fraction of sp³-hybridized carbons (Fsp3) is 0.100. The van der Waals surface area contributed by atoms with Gasteiger partial charge in [0.2, 0.25) is 5.90 Å².